The predicted octanol–water partition coefficient (Wildman–Crippen LogP) is 1.84. The van der Waals surface area contributed by atoms with Gasteiger partial charge in [0.25, 0.3) is 5.91 Å². The molecule has 2 rings (SSSR count). The molecule has 0 N–H and O–H groups in total. The monoisotopic (exact) mass is 265 g/mol. The summed E-state index contributed by atoms with van der Waals surface area (Å²) >= 11 is 0. The Morgan fingerprint density at radius 1 is 1.53 bits per heavy atom. The van der Waals surface area contributed by atoms with E-state index in [-0.39, 0.29) is 5.91 Å². The molecular formula is C14H23N3O2. The second-order valence-electron chi connectivity index (χ2n) is 5.14. The first-order valence-electron chi connectivity index (χ1n) is 7.01. The number of amides is 1. The van der Waals surface area contributed by atoms with Crippen LogP contribution in [0.3, 0.4) is 0 Å². The van der Waals surface area contributed by atoms with Crippen molar-refractivity contribution in [3.05, 3.63) is 18.2 Å². The van der Waals surface area contributed by atoms with Crippen LogP contribution in [0.25, 0.3) is 0 Å². The summed E-state index contributed by atoms with van der Waals surface area (Å²) in [5, 5.41) is 0. The molecule has 0 saturated carbocycles. The van der Waals surface area contributed by atoms with E-state index in [1.54, 1.807) is 17.9 Å². The molecule has 1 aromatic heterocycles. The number of hydrogen-bond donors (Lipinski definition) is 0. The fourth-order valence-electron chi connectivity index (χ4n) is 2.73. The Morgan fingerprint density at radius 3 is 3.05 bits per heavy atom. The van der Waals surface area contributed by atoms with Gasteiger partial charge in [-0.2, -0.15) is 0 Å². The van der Waals surface area contributed by atoms with Crippen LogP contribution in [-0.4, -0.2) is 46.7 Å². The summed E-state index contributed by atoms with van der Waals surface area (Å²) in [6, 6.07) is 0.341. The highest BCUT2D eigenvalue weighted by atomic mass is 16.5. The smallest absolute Gasteiger partial charge is 0.290 e. The predicted molar refractivity (Wildman–Crippen MR) is 73.0 cm³/mol. The number of likely N-dealkylation sites (tertiary alicyclic amines) is 1. The number of ether oxygens (including phenoxy) is 1. The van der Waals surface area contributed by atoms with Crippen molar-refractivity contribution in [3.63, 3.8) is 0 Å². The first-order valence-corrected chi connectivity index (χ1v) is 7.01. The molecule has 1 atom stereocenters. The molecule has 5 heteroatoms. The molecule has 1 aliphatic heterocycles. The van der Waals surface area contributed by atoms with Crippen molar-refractivity contribution in [2.75, 3.05) is 20.3 Å². The van der Waals surface area contributed by atoms with E-state index in [4.69, 9.17) is 4.74 Å². The molecule has 0 aromatic carbocycles. The maximum absolute atomic E-state index is 12.5. The van der Waals surface area contributed by atoms with Crippen LogP contribution in [0, 0.1) is 0 Å². The number of rotatable bonds is 5. The normalized spacial score (nSPS) is 19.7. The summed E-state index contributed by atoms with van der Waals surface area (Å²) in [6.07, 6.45) is 8.92. The van der Waals surface area contributed by atoms with Crippen LogP contribution in [0.2, 0.25) is 0 Å². The Bertz CT molecular complexity index is 417. The SMILES string of the molecule is COCCC[C@H]1CCCCN1C(=O)c1nccn1C. The quantitative estimate of drug-likeness (QED) is 0.763. The molecule has 0 bridgehead atoms. The molecule has 0 spiro atoms. The Hall–Kier alpha value is -1.36. The fourth-order valence-corrected chi connectivity index (χ4v) is 2.73. The van der Waals surface area contributed by atoms with Gasteiger partial charge in [0.05, 0.1) is 0 Å². The van der Waals surface area contributed by atoms with Crippen LogP contribution in [0.1, 0.15) is 42.7 Å². The number of methoxy groups -OCH3 is 1. The summed E-state index contributed by atoms with van der Waals surface area (Å²) in [6.45, 7) is 1.62. The molecule has 2 heterocycles. The van der Waals surface area contributed by atoms with Crippen molar-refractivity contribution in [2.45, 2.75) is 38.1 Å². The Balaban J connectivity index is 2.02. The van der Waals surface area contributed by atoms with E-state index in [1.165, 1.54) is 6.42 Å². The lowest BCUT2D eigenvalue weighted by Crippen LogP contribution is -2.44. The zero-order valence-corrected chi connectivity index (χ0v) is 11.8. The van der Waals surface area contributed by atoms with Crippen LogP contribution in [0.4, 0.5) is 0 Å². The minimum absolute atomic E-state index is 0.0645. The first-order chi connectivity index (χ1) is 9.24. The summed E-state index contributed by atoms with van der Waals surface area (Å²) in [4.78, 5) is 18.7. The van der Waals surface area contributed by atoms with Crippen LogP contribution < -0.4 is 0 Å². The Kier molecular flexibility index (Phi) is 4.96. The molecule has 0 unspecified atom stereocenters. The van der Waals surface area contributed by atoms with E-state index in [0.29, 0.717) is 11.9 Å². The molecule has 106 valence electrons. The lowest BCUT2D eigenvalue weighted by molar-refractivity contribution is 0.0569. The number of piperidine rings is 1. The van der Waals surface area contributed by atoms with Crippen LogP contribution in [0.15, 0.2) is 12.4 Å². The number of carbonyl (C=O) groups excluding carboxylic acids is 1. The zero-order chi connectivity index (χ0) is 13.7. The van der Waals surface area contributed by atoms with Crippen molar-refractivity contribution in [1.29, 1.82) is 0 Å². The summed E-state index contributed by atoms with van der Waals surface area (Å²) in [7, 11) is 3.59. The molecule has 0 aliphatic carbocycles. The van der Waals surface area contributed by atoms with E-state index in [1.807, 2.05) is 18.1 Å². The topological polar surface area (TPSA) is 47.4 Å². The van der Waals surface area contributed by atoms with Crippen molar-refractivity contribution in [2.24, 2.45) is 7.05 Å². The minimum Gasteiger partial charge on any atom is -0.385 e. The van der Waals surface area contributed by atoms with Crippen molar-refractivity contribution in [3.8, 4) is 0 Å². The van der Waals surface area contributed by atoms with Crippen molar-refractivity contribution >= 4 is 5.91 Å². The van der Waals surface area contributed by atoms with E-state index < -0.39 is 0 Å². The Labute approximate surface area is 114 Å². The Morgan fingerprint density at radius 2 is 2.37 bits per heavy atom. The van der Waals surface area contributed by atoms with Gasteiger partial charge < -0.3 is 14.2 Å². The maximum Gasteiger partial charge on any atom is 0.290 e. The second-order valence-corrected chi connectivity index (χ2v) is 5.14. The van der Waals surface area contributed by atoms with Gasteiger partial charge in [0.15, 0.2) is 5.82 Å². The third kappa shape index (κ3) is 3.35. The van der Waals surface area contributed by atoms with Gasteiger partial charge in [-0.15, -0.1) is 0 Å². The molecule has 19 heavy (non-hydrogen) atoms. The first kappa shape index (κ1) is 14.1. The molecule has 1 aromatic rings. The number of aromatic nitrogens is 2. The molecule has 5 nitrogen and oxygen atoms in total. The summed E-state index contributed by atoms with van der Waals surface area (Å²) in [5.41, 5.74) is 0. The highest BCUT2D eigenvalue weighted by Gasteiger charge is 2.28. The van der Waals surface area contributed by atoms with Gasteiger partial charge in [-0.1, -0.05) is 0 Å². The number of nitrogens with zero attached hydrogens (tertiary/aromatic N) is 3. The average Bonchev–Trinajstić information content (AvgIpc) is 2.85. The van der Waals surface area contributed by atoms with E-state index >= 15 is 0 Å². The lowest BCUT2D eigenvalue weighted by atomic mass is 9.98. The van der Waals surface area contributed by atoms with Gasteiger partial charge >= 0.3 is 0 Å². The number of carbonyl (C=O) groups is 1. The van der Waals surface area contributed by atoms with Gasteiger partial charge in [-0.3, -0.25) is 4.79 Å². The zero-order valence-electron chi connectivity index (χ0n) is 11.8. The van der Waals surface area contributed by atoms with Gasteiger partial charge in [-0.05, 0) is 32.1 Å². The maximum atomic E-state index is 12.5. The van der Waals surface area contributed by atoms with Gasteiger partial charge in [0.2, 0.25) is 0 Å². The van der Waals surface area contributed by atoms with E-state index in [9.17, 15) is 4.79 Å². The highest BCUT2D eigenvalue weighted by molar-refractivity contribution is 5.91. The number of aryl methyl sites for hydroxylation is 1. The van der Waals surface area contributed by atoms with Crippen LogP contribution in [0.5, 0.6) is 0 Å². The van der Waals surface area contributed by atoms with E-state index in [2.05, 4.69) is 4.98 Å². The third-order valence-electron chi connectivity index (χ3n) is 3.79. The lowest BCUT2D eigenvalue weighted by Gasteiger charge is -2.35. The molecule has 1 saturated heterocycles. The highest BCUT2D eigenvalue weighted by Crippen LogP contribution is 2.22. The van der Waals surface area contributed by atoms with E-state index in [0.717, 1.165) is 38.8 Å². The molecular weight excluding hydrogens is 242 g/mol. The summed E-state index contributed by atoms with van der Waals surface area (Å²) < 4.78 is 6.89. The average molecular weight is 265 g/mol. The van der Waals surface area contributed by atoms with Crippen LogP contribution >= 0.6 is 0 Å². The van der Waals surface area contributed by atoms with Crippen molar-refractivity contribution < 1.29 is 9.53 Å². The standard InChI is InChI=1S/C14H23N3O2/c1-16-10-8-15-13(16)14(18)17-9-4-3-6-12(17)7-5-11-19-2/h8,10,12H,3-7,9,11H2,1-2H3/t12-/m1/s1. The minimum atomic E-state index is 0.0645. The molecule has 1 aliphatic rings. The fraction of sp³-hybridized carbons (Fsp3) is 0.714. The number of imidazole rings is 1. The third-order valence-corrected chi connectivity index (χ3v) is 3.79. The largest absolute Gasteiger partial charge is 0.385 e. The second kappa shape index (κ2) is 6.70. The molecule has 1 fully saturated rings. The molecule has 0 radical (unpaired) electrons. The molecule has 1 amide bonds. The van der Waals surface area contributed by atoms with Gasteiger partial charge in [0, 0.05) is 45.7 Å². The van der Waals surface area contributed by atoms with Gasteiger partial charge in [0.1, 0.15) is 0 Å². The number of hydrogen-bond acceptors (Lipinski definition) is 3. The van der Waals surface area contributed by atoms with Crippen molar-refractivity contribution in [1.82, 2.24) is 14.5 Å². The summed E-state index contributed by atoms with van der Waals surface area (Å²) in [5.74, 6) is 0.605. The van der Waals surface area contributed by atoms with Crippen LogP contribution in [-0.2, 0) is 11.8 Å². The van der Waals surface area contributed by atoms with Gasteiger partial charge in [-0.25, -0.2) is 4.98 Å².